The Kier molecular flexibility index (Phi) is 4.54. The van der Waals surface area contributed by atoms with E-state index in [1.165, 1.54) is 12.1 Å². The van der Waals surface area contributed by atoms with Crippen molar-refractivity contribution < 1.29 is 4.39 Å². The van der Waals surface area contributed by atoms with E-state index in [2.05, 4.69) is 15.4 Å². The molecule has 114 valence electrons. The summed E-state index contributed by atoms with van der Waals surface area (Å²) in [5.41, 5.74) is 1.65. The number of aromatic nitrogens is 2. The van der Waals surface area contributed by atoms with Crippen LogP contribution in [0.5, 0.6) is 0 Å². The van der Waals surface area contributed by atoms with Gasteiger partial charge in [-0.2, -0.15) is 5.10 Å². The predicted molar refractivity (Wildman–Crippen MR) is 91.7 cm³/mol. The molecule has 0 fully saturated rings. The van der Waals surface area contributed by atoms with E-state index in [1.807, 2.05) is 42.6 Å². The molecule has 3 rings (SSSR count). The van der Waals surface area contributed by atoms with Crippen LogP contribution in [-0.4, -0.2) is 14.9 Å². The molecule has 2 aromatic carbocycles. The number of hydrogen-bond acceptors (Lipinski definition) is 2. The lowest BCUT2D eigenvalue weighted by atomic mass is 10.3. The highest BCUT2D eigenvalue weighted by molar-refractivity contribution is 7.80. The van der Waals surface area contributed by atoms with Crippen molar-refractivity contribution in [2.24, 2.45) is 4.99 Å². The van der Waals surface area contributed by atoms with E-state index < -0.39 is 0 Å². The van der Waals surface area contributed by atoms with Crippen LogP contribution >= 0.6 is 12.2 Å². The van der Waals surface area contributed by atoms with Gasteiger partial charge in [-0.15, -0.1) is 0 Å². The summed E-state index contributed by atoms with van der Waals surface area (Å²) in [5.74, 6) is -0.295. The number of nitrogens with zero attached hydrogens (tertiary/aromatic N) is 3. The molecule has 1 heterocycles. The summed E-state index contributed by atoms with van der Waals surface area (Å²) in [6, 6.07) is 17.5. The maximum absolute atomic E-state index is 12.9. The van der Waals surface area contributed by atoms with Crippen LogP contribution in [0.4, 0.5) is 10.1 Å². The summed E-state index contributed by atoms with van der Waals surface area (Å²) in [6.45, 7) is 0. The number of nitrogens with one attached hydrogen (secondary N) is 1. The lowest BCUT2D eigenvalue weighted by Gasteiger charge is -2.04. The maximum atomic E-state index is 12.9. The highest BCUT2D eigenvalue weighted by Crippen LogP contribution is 2.08. The first-order chi connectivity index (χ1) is 11.2. The van der Waals surface area contributed by atoms with Crippen molar-refractivity contribution in [3.8, 4) is 5.69 Å². The van der Waals surface area contributed by atoms with Crippen LogP contribution in [0.1, 0.15) is 0 Å². The molecule has 0 unspecified atom stereocenters. The summed E-state index contributed by atoms with van der Waals surface area (Å²) >= 11 is 5.17. The molecule has 0 saturated heterocycles. The normalized spacial score (nSPS) is 11.3. The zero-order valence-corrected chi connectivity index (χ0v) is 12.9. The molecule has 0 bridgehead atoms. The van der Waals surface area contributed by atoms with Crippen LogP contribution in [0.15, 0.2) is 78.0 Å². The second-order valence-corrected chi connectivity index (χ2v) is 5.10. The van der Waals surface area contributed by atoms with Crippen LogP contribution in [0, 0.1) is 5.82 Å². The van der Waals surface area contributed by atoms with Crippen molar-refractivity contribution in [1.82, 2.24) is 9.78 Å². The third-order valence-electron chi connectivity index (χ3n) is 3.05. The number of hydrogen-bond donors (Lipinski definition) is 1. The summed E-state index contributed by atoms with van der Waals surface area (Å²) in [4.78, 5) is 4.26. The molecule has 0 spiro atoms. The third kappa shape index (κ3) is 4.08. The molecular formula is C17H13FN4S. The molecule has 0 amide bonds. The largest absolute Gasteiger partial charge is 0.331 e. The Morgan fingerprint density at radius 3 is 2.43 bits per heavy atom. The fourth-order valence-corrected chi connectivity index (χ4v) is 2.17. The monoisotopic (exact) mass is 324 g/mol. The molecule has 0 aliphatic rings. The number of halogens is 1. The van der Waals surface area contributed by atoms with Crippen molar-refractivity contribution in [1.29, 1.82) is 0 Å². The van der Waals surface area contributed by atoms with Gasteiger partial charge in [-0.25, -0.2) is 14.1 Å². The van der Waals surface area contributed by atoms with Gasteiger partial charge in [0, 0.05) is 11.9 Å². The second-order valence-electron chi connectivity index (χ2n) is 4.71. The van der Waals surface area contributed by atoms with E-state index in [0.29, 0.717) is 11.0 Å². The number of para-hydroxylation sites is 1. The average molecular weight is 324 g/mol. The van der Waals surface area contributed by atoms with E-state index in [9.17, 15) is 4.39 Å². The van der Waals surface area contributed by atoms with Gasteiger partial charge in [-0.3, -0.25) is 0 Å². The minimum atomic E-state index is -0.295. The van der Waals surface area contributed by atoms with Gasteiger partial charge in [0.15, 0.2) is 5.11 Å². The summed E-state index contributed by atoms with van der Waals surface area (Å²) in [7, 11) is 0. The molecule has 3 aromatic rings. The molecular weight excluding hydrogens is 311 g/mol. The first-order valence-corrected chi connectivity index (χ1v) is 7.33. The zero-order chi connectivity index (χ0) is 16.1. The Hall–Kier alpha value is -2.86. The van der Waals surface area contributed by atoms with E-state index in [1.54, 1.807) is 23.0 Å². The van der Waals surface area contributed by atoms with E-state index in [-0.39, 0.29) is 10.9 Å². The van der Waals surface area contributed by atoms with E-state index >= 15 is 0 Å². The van der Waals surface area contributed by atoms with Crippen LogP contribution < -0.4 is 10.7 Å². The molecule has 0 atom stereocenters. The predicted octanol–water partition coefficient (Wildman–Crippen LogP) is 3.31. The molecule has 1 N–H and O–H groups in total. The van der Waals surface area contributed by atoms with Gasteiger partial charge in [-0.05, 0) is 54.7 Å². The lowest BCUT2D eigenvalue weighted by molar-refractivity contribution is 0.628. The second kappa shape index (κ2) is 6.93. The Balaban J connectivity index is 1.74. The summed E-state index contributed by atoms with van der Waals surface area (Å²) in [6.07, 6.45) is 3.44. The summed E-state index contributed by atoms with van der Waals surface area (Å²) < 4.78 is 14.6. The van der Waals surface area contributed by atoms with Crippen molar-refractivity contribution in [3.05, 3.63) is 84.2 Å². The van der Waals surface area contributed by atoms with Gasteiger partial charge >= 0.3 is 0 Å². The first kappa shape index (κ1) is 15.1. The number of anilines is 1. The van der Waals surface area contributed by atoms with Crippen molar-refractivity contribution >= 4 is 23.0 Å². The molecule has 0 aliphatic carbocycles. The fraction of sp³-hybridized carbons (Fsp3) is 0. The molecule has 1 aromatic heterocycles. The van der Waals surface area contributed by atoms with Gasteiger partial charge < -0.3 is 5.32 Å². The Morgan fingerprint density at radius 2 is 1.78 bits per heavy atom. The SMILES string of the molecule is Fc1ccc(NC(=S)/N=c2\ccn(-c3ccccc3)nc2)cc1. The smallest absolute Gasteiger partial charge is 0.197 e. The topological polar surface area (TPSA) is 42.2 Å². The van der Waals surface area contributed by atoms with Crippen LogP contribution in [0.2, 0.25) is 0 Å². The fourth-order valence-electron chi connectivity index (χ4n) is 1.95. The van der Waals surface area contributed by atoms with Gasteiger partial charge in [0.1, 0.15) is 5.82 Å². The highest BCUT2D eigenvalue weighted by Gasteiger charge is 1.97. The van der Waals surface area contributed by atoms with Crippen molar-refractivity contribution in [3.63, 3.8) is 0 Å². The Morgan fingerprint density at radius 1 is 1.04 bits per heavy atom. The van der Waals surface area contributed by atoms with Gasteiger partial charge in [0.25, 0.3) is 0 Å². The third-order valence-corrected chi connectivity index (χ3v) is 3.24. The van der Waals surface area contributed by atoms with Crippen LogP contribution in [0.3, 0.4) is 0 Å². The van der Waals surface area contributed by atoms with E-state index in [0.717, 1.165) is 5.69 Å². The van der Waals surface area contributed by atoms with Crippen LogP contribution in [-0.2, 0) is 0 Å². The molecule has 6 heteroatoms. The van der Waals surface area contributed by atoms with Crippen molar-refractivity contribution in [2.45, 2.75) is 0 Å². The Bertz CT molecular complexity index is 853. The van der Waals surface area contributed by atoms with Crippen LogP contribution in [0.25, 0.3) is 5.69 Å². The van der Waals surface area contributed by atoms with Crippen molar-refractivity contribution in [2.75, 3.05) is 5.32 Å². The molecule has 0 radical (unpaired) electrons. The highest BCUT2D eigenvalue weighted by atomic mass is 32.1. The van der Waals surface area contributed by atoms with Gasteiger partial charge in [0.2, 0.25) is 0 Å². The number of rotatable bonds is 2. The molecule has 0 aliphatic heterocycles. The minimum absolute atomic E-state index is 0.288. The number of benzene rings is 2. The summed E-state index contributed by atoms with van der Waals surface area (Å²) in [5, 5.41) is 8.16. The standard InChI is InChI=1S/C17H13FN4S/c18-13-6-8-14(9-7-13)20-17(23)21-15-10-11-22(19-12-15)16-4-2-1-3-5-16/h1-12H,(H,20,23)/b21-15+. The molecule has 0 saturated carbocycles. The number of thiocarbonyl (C=S) groups is 1. The van der Waals surface area contributed by atoms with Gasteiger partial charge in [-0.1, -0.05) is 18.2 Å². The Labute approximate surface area is 137 Å². The van der Waals surface area contributed by atoms with Gasteiger partial charge in [0.05, 0.1) is 17.2 Å². The maximum Gasteiger partial charge on any atom is 0.197 e. The quantitative estimate of drug-likeness (QED) is 0.736. The van der Waals surface area contributed by atoms with E-state index in [4.69, 9.17) is 12.2 Å². The molecule has 4 nitrogen and oxygen atoms in total. The first-order valence-electron chi connectivity index (χ1n) is 6.92. The zero-order valence-electron chi connectivity index (χ0n) is 12.1. The average Bonchev–Trinajstić information content (AvgIpc) is 2.58. The lowest BCUT2D eigenvalue weighted by Crippen LogP contribution is -2.14. The minimum Gasteiger partial charge on any atom is -0.331 e. The molecule has 23 heavy (non-hydrogen) atoms.